The highest BCUT2D eigenvalue weighted by Crippen LogP contribution is 2.28. The van der Waals surface area contributed by atoms with Crippen LogP contribution in [0.5, 0.6) is 0 Å². The zero-order valence-electron chi connectivity index (χ0n) is 23.0. The highest BCUT2D eigenvalue weighted by molar-refractivity contribution is 7.89. The van der Waals surface area contributed by atoms with Gasteiger partial charge in [0.15, 0.2) is 0 Å². The van der Waals surface area contributed by atoms with Gasteiger partial charge in [-0.3, -0.25) is 4.79 Å². The van der Waals surface area contributed by atoms with Crippen molar-refractivity contribution in [2.45, 2.75) is 30.7 Å². The standard InChI is InChI=1S/C33H35ClN2O4S/c1-25-12-18-30(19-13-25)41(39,40)36(23-21-27-10-6-3-7-11-27)24-31(33(37)38)32(28-14-16-29(34)17-15-28)35-22-20-26-8-4-2-5-9-26/h2-19,31-32,35H,20-24H2,1H3,(H,37,38). The summed E-state index contributed by atoms with van der Waals surface area (Å²) in [4.78, 5) is 13.0. The van der Waals surface area contributed by atoms with Crippen LogP contribution in [-0.4, -0.2) is 43.4 Å². The van der Waals surface area contributed by atoms with Crippen LogP contribution in [0, 0.1) is 12.8 Å². The van der Waals surface area contributed by atoms with Crippen LogP contribution in [0.15, 0.2) is 114 Å². The van der Waals surface area contributed by atoms with Crippen molar-refractivity contribution in [3.05, 3.63) is 136 Å². The first-order chi connectivity index (χ1) is 19.7. The monoisotopic (exact) mass is 590 g/mol. The van der Waals surface area contributed by atoms with E-state index in [1.165, 1.54) is 4.31 Å². The van der Waals surface area contributed by atoms with E-state index in [4.69, 9.17) is 11.6 Å². The maximum Gasteiger partial charge on any atom is 0.309 e. The van der Waals surface area contributed by atoms with Gasteiger partial charge in [-0.1, -0.05) is 102 Å². The molecule has 0 spiro atoms. The summed E-state index contributed by atoms with van der Waals surface area (Å²) >= 11 is 6.14. The molecule has 0 aromatic heterocycles. The molecule has 0 saturated carbocycles. The van der Waals surface area contributed by atoms with Crippen molar-refractivity contribution < 1.29 is 18.3 Å². The third-order valence-electron chi connectivity index (χ3n) is 7.12. The minimum Gasteiger partial charge on any atom is -0.481 e. The molecule has 0 amide bonds. The van der Waals surface area contributed by atoms with Gasteiger partial charge in [0.1, 0.15) is 0 Å². The van der Waals surface area contributed by atoms with Crippen molar-refractivity contribution in [2.24, 2.45) is 5.92 Å². The van der Waals surface area contributed by atoms with Gasteiger partial charge in [0.2, 0.25) is 10.0 Å². The maximum atomic E-state index is 13.9. The third-order valence-corrected chi connectivity index (χ3v) is 9.25. The Kier molecular flexibility index (Phi) is 10.7. The molecule has 0 fully saturated rings. The Balaban J connectivity index is 1.65. The van der Waals surface area contributed by atoms with Gasteiger partial charge in [0.05, 0.1) is 10.8 Å². The van der Waals surface area contributed by atoms with Crippen LogP contribution in [0.25, 0.3) is 0 Å². The number of carboxylic acid groups (broad SMARTS) is 1. The molecular weight excluding hydrogens is 556 g/mol. The number of aryl methyl sites for hydroxylation is 1. The molecule has 8 heteroatoms. The minimum atomic E-state index is -3.98. The lowest BCUT2D eigenvalue weighted by Gasteiger charge is -2.31. The summed E-state index contributed by atoms with van der Waals surface area (Å²) in [7, 11) is -3.98. The van der Waals surface area contributed by atoms with Crippen LogP contribution < -0.4 is 5.32 Å². The van der Waals surface area contributed by atoms with Crippen LogP contribution in [0.3, 0.4) is 0 Å². The van der Waals surface area contributed by atoms with Gasteiger partial charge in [0, 0.05) is 24.2 Å². The van der Waals surface area contributed by atoms with E-state index in [9.17, 15) is 18.3 Å². The van der Waals surface area contributed by atoms with Crippen molar-refractivity contribution in [1.82, 2.24) is 9.62 Å². The van der Waals surface area contributed by atoms with Crippen LogP contribution in [0.1, 0.15) is 28.3 Å². The van der Waals surface area contributed by atoms with E-state index < -0.39 is 28.0 Å². The van der Waals surface area contributed by atoms with Gasteiger partial charge in [-0.2, -0.15) is 4.31 Å². The number of sulfonamides is 1. The zero-order chi connectivity index (χ0) is 29.2. The maximum absolute atomic E-state index is 13.9. The fourth-order valence-corrected chi connectivity index (χ4v) is 6.38. The van der Waals surface area contributed by atoms with E-state index in [0.717, 1.165) is 22.3 Å². The summed E-state index contributed by atoms with van der Waals surface area (Å²) in [5, 5.41) is 14.5. The Morgan fingerprint density at radius 3 is 1.95 bits per heavy atom. The Labute approximate surface area is 247 Å². The Bertz CT molecular complexity index is 1500. The molecule has 0 aliphatic carbocycles. The molecule has 4 rings (SSSR count). The number of benzene rings is 4. The number of carboxylic acids is 1. The number of hydrogen-bond donors (Lipinski definition) is 2. The third kappa shape index (κ3) is 8.50. The molecule has 4 aromatic rings. The second kappa shape index (κ2) is 14.4. The van der Waals surface area contributed by atoms with E-state index in [1.807, 2.05) is 67.6 Å². The molecule has 214 valence electrons. The first-order valence-electron chi connectivity index (χ1n) is 13.6. The average molecular weight is 591 g/mol. The fraction of sp³-hybridized carbons (Fsp3) is 0.242. The number of hydrogen-bond acceptors (Lipinski definition) is 4. The van der Waals surface area contributed by atoms with Crippen LogP contribution in [0.4, 0.5) is 0 Å². The molecule has 2 N–H and O–H groups in total. The summed E-state index contributed by atoms with van der Waals surface area (Å²) in [6, 6.07) is 32.5. The van der Waals surface area contributed by atoms with E-state index in [0.29, 0.717) is 24.4 Å². The molecule has 0 heterocycles. The van der Waals surface area contributed by atoms with Crippen molar-refractivity contribution in [3.8, 4) is 0 Å². The molecule has 0 aliphatic rings. The predicted octanol–water partition coefficient (Wildman–Crippen LogP) is 6.16. The van der Waals surface area contributed by atoms with Gasteiger partial charge in [-0.05, 0) is 67.3 Å². The molecule has 2 unspecified atom stereocenters. The molecular formula is C33H35ClN2O4S. The largest absolute Gasteiger partial charge is 0.481 e. The number of carbonyl (C=O) groups is 1. The number of aliphatic carboxylic acids is 1. The summed E-state index contributed by atoms with van der Waals surface area (Å²) < 4.78 is 29.2. The van der Waals surface area contributed by atoms with Crippen molar-refractivity contribution in [1.29, 1.82) is 0 Å². The smallest absolute Gasteiger partial charge is 0.309 e. The van der Waals surface area contributed by atoms with Gasteiger partial charge in [-0.15, -0.1) is 0 Å². The van der Waals surface area contributed by atoms with Gasteiger partial charge >= 0.3 is 5.97 Å². The molecule has 41 heavy (non-hydrogen) atoms. The molecule has 2 atom stereocenters. The number of halogens is 1. The van der Waals surface area contributed by atoms with Gasteiger partial charge in [0.25, 0.3) is 0 Å². The SMILES string of the molecule is Cc1ccc(S(=O)(=O)N(CCc2ccccc2)CC(C(=O)O)C(NCCc2ccccc2)c2ccc(Cl)cc2)cc1. The van der Waals surface area contributed by atoms with Crippen molar-refractivity contribution in [3.63, 3.8) is 0 Å². The Hall–Kier alpha value is -3.49. The normalized spacial score (nSPS) is 13.1. The molecule has 4 aromatic carbocycles. The van der Waals surface area contributed by atoms with Crippen LogP contribution in [0.2, 0.25) is 5.02 Å². The number of rotatable bonds is 14. The summed E-state index contributed by atoms with van der Waals surface area (Å²) in [5.74, 6) is -2.15. The fourth-order valence-electron chi connectivity index (χ4n) is 4.79. The highest BCUT2D eigenvalue weighted by Gasteiger charge is 2.35. The summed E-state index contributed by atoms with van der Waals surface area (Å²) in [6.07, 6.45) is 1.14. The Morgan fingerprint density at radius 1 is 0.829 bits per heavy atom. The van der Waals surface area contributed by atoms with Crippen LogP contribution >= 0.6 is 11.6 Å². The van der Waals surface area contributed by atoms with Gasteiger partial charge < -0.3 is 10.4 Å². The average Bonchev–Trinajstić information content (AvgIpc) is 2.97. The Morgan fingerprint density at radius 2 is 1.39 bits per heavy atom. The van der Waals surface area contributed by atoms with Crippen molar-refractivity contribution in [2.75, 3.05) is 19.6 Å². The summed E-state index contributed by atoms with van der Waals surface area (Å²) in [6.45, 7) is 2.34. The second-order valence-corrected chi connectivity index (χ2v) is 12.4. The highest BCUT2D eigenvalue weighted by atomic mass is 35.5. The number of nitrogens with zero attached hydrogens (tertiary/aromatic N) is 1. The molecule has 0 radical (unpaired) electrons. The van der Waals surface area contributed by atoms with E-state index >= 15 is 0 Å². The van der Waals surface area contributed by atoms with Gasteiger partial charge in [-0.25, -0.2) is 8.42 Å². The first kappa shape index (κ1) is 30.5. The quantitative estimate of drug-likeness (QED) is 0.184. The van der Waals surface area contributed by atoms with E-state index in [2.05, 4.69) is 5.32 Å². The predicted molar refractivity (Wildman–Crippen MR) is 164 cm³/mol. The lowest BCUT2D eigenvalue weighted by molar-refractivity contribution is -0.143. The lowest BCUT2D eigenvalue weighted by atomic mass is 9.92. The minimum absolute atomic E-state index is 0.139. The van der Waals surface area contributed by atoms with E-state index in [-0.39, 0.29) is 18.0 Å². The topological polar surface area (TPSA) is 86.7 Å². The number of nitrogens with one attached hydrogen (secondary N) is 1. The lowest BCUT2D eigenvalue weighted by Crippen LogP contribution is -2.44. The molecule has 6 nitrogen and oxygen atoms in total. The van der Waals surface area contributed by atoms with Crippen molar-refractivity contribution >= 4 is 27.6 Å². The summed E-state index contributed by atoms with van der Waals surface area (Å²) in [5.41, 5.74) is 3.76. The molecule has 0 aliphatic heterocycles. The van der Waals surface area contributed by atoms with Crippen LogP contribution in [-0.2, 0) is 27.7 Å². The zero-order valence-corrected chi connectivity index (χ0v) is 24.6. The second-order valence-electron chi connectivity index (χ2n) is 10.1. The first-order valence-corrected chi connectivity index (χ1v) is 15.4. The van der Waals surface area contributed by atoms with E-state index in [1.54, 1.807) is 48.5 Å². The molecule has 0 saturated heterocycles. The molecule has 0 bridgehead atoms.